The Hall–Kier alpha value is -1.57. The van der Waals surface area contributed by atoms with E-state index in [1.54, 1.807) is 6.92 Å². The van der Waals surface area contributed by atoms with Crippen molar-refractivity contribution < 1.29 is 9.90 Å². The zero-order valence-electron chi connectivity index (χ0n) is 6.82. The molecule has 12 heavy (non-hydrogen) atoms. The van der Waals surface area contributed by atoms with Gasteiger partial charge in [0.15, 0.2) is 0 Å². The highest BCUT2D eigenvalue weighted by Crippen LogP contribution is 2.32. The Morgan fingerprint density at radius 1 is 1.42 bits per heavy atom. The van der Waals surface area contributed by atoms with Gasteiger partial charge in [0.25, 0.3) is 0 Å². The second-order valence-electron chi connectivity index (χ2n) is 2.42. The number of allylic oxidation sites excluding steroid dienone is 1. The summed E-state index contributed by atoms with van der Waals surface area (Å²) in [6.45, 7) is 1.66. The van der Waals surface area contributed by atoms with Crippen molar-refractivity contribution in [1.82, 2.24) is 0 Å². The molecule has 2 rings (SSSR count). The maximum Gasteiger partial charge on any atom is 0.327 e. The van der Waals surface area contributed by atoms with E-state index in [1.165, 1.54) is 17.2 Å². The van der Waals surface area contributed by atoms with Crippen molar-refractivity contribution in [2.45, 2.75) is 6.92 Å². The standard InChI is InChI=1S/C6H4.C4H6O2/c1-2-5-4-6(5)3-1;1-2-3-4(5)6/h1-4H;2-3H,1H3,(H,5,6). The van der Waals surface area contributed by atoms with Crippen molar-refractivity contribution in [1.29, 1.82) is 0 Å². The van der Waals surface area contributed by atoms with Crippen LogP contribution in [0.2, 0.25) is 0 Å². The van der Waals surface area contributed by atoms with Crippen LogP contribution in [0.25, 0.3) is 11.1 Å². The van der Waals surface area contributed by atoms with Gasteiger partial charge in [0.05, 0.1) is 0 Å². The molecule has 0 aromatic rings. The third-order valence-electron chi connectivity index (χ3n) is 1.42. The van der Waals surface area contributed by atoms with Crippen LogP contribution < -0.4 is 0 Å². The van der Waals surface area contributed by atoms with Gasteiger partial charge in [0.1, 0.15) is 0 Å². The lowest BCUT2D eigenvalue weighted by atomic mass is 10.5. The van der Waals surface area contributed by atoms with Crippen LogP contribution in [-0.4, -0.2) is 11.1 Å². The number of rotatable bonds is 1. The molecule has 62 valence electrons. The van der Waals surface area contributed by atoms with Crippen LogP contribution in [0.15, 0.2) is 36.4 Å². The van der Waals surface area contributed by atoms with Crippen LogP contribution >= 0.6 is 0 Å². The lowest BCUT2D eigenvalue weighted by Crippen LogP contribution is -1.83. The summed E-state index contributed by atoms with van der Waals surface area (Å²) in [5, 5.41) is 7.83. The molecule has 1 N–H and O–H groups in total. The fourth-order valence-electron chi connectivity index (χ4n) is 0.818. The fourth-order valence-corrected chi connectivity index (χ4v) is 0.818. The molecule has 0 bridgehead atoms. The average molecular weight is 162 g/mol. The second kappa shape index (κ2) is 3.72. The molecule has 2 aliphatic rings. The molecule has 2 aliphatic carbocycles. The van der Waals surface area contributed by atoms with E-state index >= 15 is 0 Å². The molecule has 0 fully saturated rings. The Bertz CT molecular complexity index is 296. The predicted octanol–water partition coefficient (Wildman–Crippen LogP) is 2.31. The van der Waals surface area contributed by atoms with Gasteiger partial charge in [-0.25, -0.2) is 4.79 Å². The first-order chi connectivity index (χ1) is 5.74. The SMILES string of the molecule is CC=CC(=O)O.c1cc2cc-2c1. The van der Waals surface area contributed by atoms with Crippen molar-refractivity contribution in [3.05, 3.63) is 36.4 Å². The van der Waals surface area contributed by atoms with Crippen molar-refractivity contribution in [2.75, 3.05) is 0 Å². The molecule has 0 saturated heterocycles. The van der Waals surface area contributed by atoms with Gasteiger partial charge in [0, 0.05) is 6.08 Å². The van der Waals surface area contributed by atoms with E-state index in [1.807, 2.05) is 0 Å². The van der Waals surface area contributed by atoms with Crippen molar-refractivity contribution in [2.24, 2.45) is 0 Å². The first-order valence-electron chi connectivity index (χ1n) is 3.70. The highest BCUT2D eigenvalue weighted by Gasteiger charge is 2.06. The monoisotopic (exact) mass is 162 g/mol. The topological polar surface area (TPSA) is 37.3 Å². The maximum absolute atomic E-state index is 9.51. The number of benzene rings is 1. The van der Waals surface area contributed by atoms with Crippen LogP contribution in [0.4, 0.5) is 0 Å². The zero-order chi connectivity index (χ0) is 8.97. The number of carboxylic acid groups (broad SMARTS) is 1. The van der Waals surface area contributed by atoms with E-state index < -0.39 is 5.97 Å². The molecule has 0 spiro atoms. The fraction of sp³-hybridized carbons (Fsp3) is 0.100. The van der Waals surface area contributed by atoms with Gasteiger partial charge >= 0.3 is 5.97 Å². The number of fused-ring (bicyclic) bond motifs is 1. The van der Waals surface area contributed by atoms with E-state index in [-0.39, 0.29) is 0 Å². The number of hydrogen-bond acceptors (Lipinski definition) is 1. The van der Waals surface area contributed by atoms with E-state index in [0.717, 1.165) is 6.08 Å². The Morgan fingerprint density at radius 3 is 2.08 bits per heavy atom. The van der Waals surface area contributed by atoms with Gasteiger partial charge in [-0.1, -0.05) is 24.3 Å². The van der Waals surface area contributed by atoms with Gasteiger partial charge < -0.3 is 5.11 Å². The lowest BCUT2D eigenvalue weighted by Gasteiger charge is -1.68. The van der Waals surface area contributed by atoms with E-state index in [2.05, 4.69) is 24.3 Å². The highest BCUT2D eigenvalue weighted by molar-refractivity contribution is 5.80. The minimum atomic E-state index is -0.891. The molecule has 0 heterocycles. The van der Waals surface area contributed by atoms with Crippen molar-refractivity contribution in [3.63, 3.8) is 0 Å². The Morgan fingerprint density at radius 2 is 2.00 bits per heavy atom. The molecule has 0 aromatic carbocycles. The molecule has 2 heteroatoms. The number of carbonyl (C=O) groups is 1. The summed E-state index contributed by atoms with van der Waals surface area (Å²) in [7, 11) is 0. The van der Waals surface area contributed by atoms with E-state index in [0.29, 0.717) is 0 Å². The van der Waals surface area contributed by atoms with Crippen LogP contribution in [0.5, 0.6) is 0 Å². The van der Waals surface area contributed by atoms with E-state index in [4.69, 9.17) is 5.11 Å². The molecular formula is C10H10O2. The Kier molecular flexibility index (Phi) is 2.64. The van der Waals surface area contributed by atoms with Crippen LogP contribution in [0, 0.1) is 0 Å². The van der Waals surface area contributed by atoms with Crippen LogP contribution in [0.1, 0.15) is 6.92 Å². The molecule has 0 unspecified atom stereocenters. The largest absolute Gasteiger partial charge is 0.478 e. The van der Waals surface area contributed by atoms with Crippen molar-refractivity contribution >= 4 is 5.97 Å². The summed E-state index contributed by atoms with van der Waals surface area (Å²) in [6.07, 6.45) is 2.56. The van der Waals surface area contributed by atoms with Crippen molar-refractivity contribution in [3.8, 4) is 11.1 Å². The third kappa shape index (κ3) is 2.58. The molecule has 0 saturated carbocycles. The smallest absolute Gasteiger partial charge is 0.327 e. The second-order valence-corrected chi connectivity index (χ2v) is 2.42. The average Bonchev–Trinajstić information content (AvgIpc) is 2.60. The minimum absolute atomic E-state index is 0.891. The van der Waals surface area contributed by atoms with Crippen LogP contribution in [0.3, 0.4) is 0 Å². The normalized spacial score (nSPS) is 10.4. The predicted molar refractivity (Wildman–Crippen MR) is 47.9 cm³/mol. The minimum Gasteiger partial charge on any atom is -0.478 e. The zero-order valence-corrected chi connectivity index (χ0v) is 6.82. The summed E-state index contributed by atoms with van der Waals surface area (Å²) in [5.41, 5.74) is 2.85. The first-order valence-corrected chi connectivity index (χ1v) is 3.70. The molecule has 0 amide bonds. The highest BCUT2D eigenvalue weighted by atomic mass is 16.4. The van der Waals surface area contributed by atoms with Crippen LogP contribution in [-0.2, 0) is 4.79 Å². The number of hydrogen-bond donors (Lipinski definition) is 1. The van der Waals surface area contributed by atoms with E-state index in [9.17, 15) is 4.79 Å². The summed E-state index contributed by atoms with van der Waals surface area (Å²) in [4.78, 5) is 9.51. The first kappa shape index (κ1) is 8.53. The lowest BCUT2D eigenvalue weighted by molar-refractivity contribution is -0.131. The molecule has 2 nitrogen and oxygen atoms in total. The Balaban J connectivity index is 0.000000120. The van der Waals surface area contributed by atoms with Gasteiger partial charge in [-0.15, -0.1) is 0 Å². The number of carboxylic acids is 1. The van der Waals surface area contributed by atoms with Gasteiger partial charge in [-0.05, 0) is 24.1 Å². The van der Waals surface area contributed by atoms with Gasteiger partial charge in [0.2, 0.25) is 0 Å². The maximum atomic E-state index is 9.51. The summed E-state index contributed by atoms with van der Waals surface area (Å²) in [5.74, 6) is -0.891. The molecular weight excluding hydrogens is 152 g/mol. The molecule has 0 aromatic heterocycles. The Labute approximate surface area is 71.2 Å². The molecule has 0 aliphatic heterocycles. The summed E-state index contributed by atoms with van der Waals surface area (Å²) >= 11 is 0. The summed E-state index contributed by atoms with van der Waals surface area (Å²) < 4.78 is 0. The van der Waals surface area contributed by atoms with Gasteiger partial charge in [-0.3, -0.25) is 0 Å². The number of aliphatic carboxylic acids is 1. The molecule has 0 radical (unpaired) electrons. The quantitative estimate of drug-likeness (QED) is 0.653. The molecule has 0 atom stereocenters. The third-order valence-corrected chi connectivity index (χ3v) is 1.42. The summed E-state index contributed by atoms with van der Waals surface area (Å²) in [6, 6.07) is 8.48. The van der Waals surface area contributed by atoms with Gasteiger partial charge in [-0.2, -0.15) is 0 Å².